The van der Waals surface area contributed by atoms with Gasteiger partial charge in [-0.1, -0.05) is 36.2 Å². The Labute approximate surface area is 122 Å². The summed E-state index contributed by atoms with van der Waals surface area (Å²) in [6.45, 7) is 1.47. The fourth-order valence-corrected chi connectivity index (χ4v) is 3.33. The number of nitrogens with two attached hydrogens (primary N) is 1. The highest BCUT2D eigenvalue weighted by Crippen LogP contribution is 2.24. The van der Waals surface area contributed by atoms with Gasteiger partial charge in [0, 0.05) is 6.54 Å². The quantitative estimate of drug-likeness (QED) is 0.863. The lowest BCUT2D eigenvalue weighted by Gasteiger charge is -2.18. The summed E-state index contributed by atoms with van der Waals surface area (Å²) in [5.74, 6) is -0.954. The van der Waals surface area contributed by atoms with E-state index in [0.717, 1.165) is 4.31 Å². The van der Waals surface area contributed by atoms with E-state index in [0.29, 0.717) is 10.6 Å². The molecule has 0 aliphatic heterocycles. The number of carbonyl (C=O) groups excluding carboxylic acids is 1. The van der Waals surface area contributed by atoms with Gasteiger partial charge in [-0.2, -0.15) is 4.31 Å². The standard InChI is InChI=1S/C11H14Cl2N2O3S/c1-2-15(6-11(14)16)19(17,18)7-8-3-4-9(12)10(13)5-8/h3-5H,2,6-7H2,1H3,(H2,14,16). The molecular weight excluding hydrogens is 311 g/mol. The monoisotopic (exact) mass is 324 g/mol. The van der Waals surface area contributed by atoms with E-state index in [1.807, 2.05) is 0 Å². The predicted molar refractivity (Wildman–Crippen MR) is 75.5 cm³/mol. The summed E-state index contributed by atoms with van der Waals surface area (Å²) in [5, 5.41) is 0.639. The second-order valence-electron chi connectivity index (χ2n) is 3.90. The van der Waals surface area contributed by atoms with E-state index in [4.69, 9.17) is 28.9 Å². The van der Waals surface area contributed by atoms with E-state index in [2.05, 4.69) is 0 Å². The zero-order chi connectivity index (χ0) is 14.6. The zero-order valence-corrected chi connectivity index (χ0v) is 12.6. The minimum atomic E-state index is -3.62. The molecule has 0 bridgehead atoms. The van der Waals surface area contributed by atoms with Crippen LogP contribution >= 0.6 is 23.2 Å². The molecule has 0 heterocycles. The third-order valence-corrected chi connectivity index (χ3v) is 5.02. The molecule has 106 valence electrons. The molecule has 0 atom stereocenters. The molecule has 0 saturated heterocycles. The van der Waals surface area contributed by atoms with Gasteiger partial charge in [0.15, 0.2) is 0 Å². The SMILES string of the molecule is CCN(CC(N)=O)S(=O)(=O)Cc1ccc(Cl)c(Cl)c1. The molecule has 0 aliphatic carbocycles. The average Bonchev–Trinajstić information content (AvgIpc) is 2.30. The van der Waals surface area contributed by atoms with Crippen molar-refractivity contribution in [2.75, 3.05) is 13.1 Å². The molecule has 1 amide bonds. The largest absolute Gasteiger partial charge is 0.369 e. The molecule has 2 N–H and O–H groups in total. The van der Waals surface area contributed by atoms with Crippen LogP contribution in [0.2, 0.25) is 10.0 Å². The topological polar surface area (TPSA) is 80.5 Å². The molecule has 8 heteroatoms. The lowest BCUT2D eigenvalue weighted by molar-refractivity contribution is -0.118. The summed E-state index contributed by atoms with van der Waals surface area (Å²) in [5.41, 5.74) is 5.52. The summed E-state index contributed by atoms with van der Waals surface area (Å²) in [7, 11) is -3.62. The van der Waals surface area contributed by atoms with Crippen molar-refractivity contribution >= 4 is 39.1 Å². The minimum absolute atomic E-state index is 0.173. The smallest absolute Gasteiger partial charge is 0.232 e. The van der Waals surface area contributed by atoms with Crippen LogP contribution in [0.5, 0.6) is 0 Å². The van der Waals surface area contributed by atoms with E-state index >= 15 is 0 Å². The van der Waals surface area contributed by atoms with Gasteiger partial charge in [-0.05, 0) is 17.7 Å². The normalized spacial score (nSPS) is 11.8. The van der Waals surface area contributed by atoms with Crippen molar-refractivity contribution in [3.05, 3.63) is 33.8 Å². The van der Waals surface area contributed by atoms with E-state index in [-0.39, 0.29) is 23.9 Å². The molecule has 1 aromatic carbocycles. The number of hydrogen-bond acceptors (Lipinski definition) is 3. The number of hydrogen-bond donors (Lipinski definition) is 1. The maximum absolute atomic E-state index is 12.1. The van der Waals surface area contributed by atoms with Gasteiger partial charge >= 0.3 is 0 Å². The number of halogens is 2. The van der Waals surface area contributed by atoms with E-state index < -0.39 is 15.9 Å². The molecule has 0 saturated carbocycles. The Hall–Kier alpha value is -0.820. The number of primary amides is 1. The van der Waals surface area contributed by atoms with Crippen LogP contribution in [-0.4, -0.2) is 31.7 Å². The summed E-state index contributed by atoms with van der Waals surface area (Å²) < 4.78 is 25.2. The Balaban J connectivity index is 2.94. The number of nitrogens with zero attached hydrogens (tertiary/aromatic N) is 1. The Bertz CT molecular complexity index is 575. The maximum Gasteiger partial charge on any atom is 0.232 e. The first kappa shape index (κ1) is 16.2. The van der Waals surface area contributed by atoms with Crippen molar-refractivity contribution in [3.63, 3.8) is 0 Å². The van der Waals surface area contributed by atoms with E-state index in [1.54, 1.807) is 13.0 Å². The zero-order valence-electron chi connectivity index (χ0n) is 10.3. The van der Waals surface area contributed by atoms with Gasteiger partial charge in [-0.15, -0.1) is 0 Å². The van der Waals surface area contributed by atoms with Gasteiger partial charge in [-0.25, -0.2) is 8.42 Å². The lowest BCUT2D eigenvalue weighted by atomic mass is 10.2. The van der Waals surface area contributed by atoms with Crippen molar-refractivity contribution in [3.8, 4) is 0 Å². The van der Waals surface area contributed by atoms with Crippen molar-refractivity contribution in [1.82, 2.24) is 4.31 Å². The Kier molecular flexibility index (Phi) is 5.61. The first-order valence-corrected chi connectivity index (χ1v) is 7.83. The second kappa shape index (κ2) is 6.56. The van der Waals surface area contributed by atoms with Crippen LogP contribution in [0.1, 0.15) is 12.5 Å². The van der Waals surface area contributed by atoms with Gasteiger partial charge < -0.3 is 5.73 Å². The van der Waals surface area contributed by atoms with Gasteiger partial charge in [0.1, 0.15) is 0 Å². The number of benzene rings is 1. The van der Waals surface area contributed by atoms with Crippen LogP contribution in [0.4, 0.5) is 0 Å². The van der Waals surface area contributed by atoms with E-state index in [9.17, 15) is 13.2 Å². The van der Waals surface area contributed by atoms with E-state index in [1.165, 1.54) is 12.1 Å². The van der Waals surface area contributed by atoms with Crippen LogP contribution in [0.25, 0.3) is 0 Å². The number of rotatable bonds is 6. The molecule has 0 spiro atoms. The Morgan fingerprint density at radius 1 is 1.32 bits per heavy atom. The van der Waals surface area contributed by atoms with Crippen molar-refractivity contribution in [2.45, 2.75) is 12.7 Å². The minimum Gasteiger partial charge on any atom is -0.369 e. The van der Waals surface area contributed by atoms with Gasteiger partial charge in [0.25, 0.3) is 0 Å². The number of sulfonamides is 1. The molecule has 0 unspecified atom stereocenters. The third kappa shape index (κ3) is 4.65. The van der Waals surface area contributed by atoms with Crippen molar-refractivity contribution in [1.29, 1.82) is 0 Å². The maximum atomic E-state index is 12.1. The molecule has 1 aromatic rings. The number of amides is 1. The first-order valence-electron chi connectivity index (χ1n) is 5.46. The molecular formula is C11H14Cl2N2O3S. The summed E-state index contributed by atoms with van der Waals surface area (Å²) in [6.07, 6.45) is 0. The summed E-state index contributed by atoms with van der Waals surface area (Å²) in [6, 6.07) is 4.59. The van der Waals surface area contributed by atoms with Crippen molar-refractivity contribution in [2.24, 2.45) is 5.73 Å². The fraction of sp³-hybridized carbons (Fsp3) is 0.364. The van der Waals surface area contributed by atoms with Crippen LogP contribution in [0.3, 0.4) is 0 Å². The highest BCUT2D eigenvalue weighted by molar-refractivity contribution is 7.88. The first-order chi connectivity index (χ1) is 8.76. The molecule has 1 rings (SSSR count). The van der Waals surface area contributed by atoms with Crippen LogP contribution in [0.15, 0.2) is 18.2 Å². The number of likely N-dealkylation sites (N-methyl/N-ethyl adjacent to an activating group) is 1. The predicted octanol–water partition coefficient (Wildman–Crippen LogP) is 1.63. The highest BCUT2D eigenvalue weighted by atomic mass is 35.5. The molecule has 0 fully saturated rings. The van der Waals surface area contributed by atoms with Crippen LogP contribution < -0.4 is 5.73 Å². The Morgan fingerprint density at radius 2 is 1.95 bits per heavy atom. The molecule has 0 radical (unpaired) electrons. The van der Waals surface area contributed by atoms with Crippen LogP contribution in [-0.2, 0) is 20.6 Å². The van der Waals surface area contributed by atoms with Gasteiger partial charge in [0.05, 0.1) is 22.3 Å². The molecule has 19 heavy (non-hydrogen) atoms. The third-order valence-electron chi connectivity index (χ3n) is 2.41. The Morgan fingerprint density at radius 3 is 2.42 bits per heavy atom. The molecule has 0 aliphatic rings. The van der Waals surface area contributed by atoms with Gasteiger partial charge in [-0.3, -0.25) is 4.79 Å². The summed E-state index contributed by atoms with van der Waals surface area (Å²) >= 11 is 11.6. The van der Waals surface area contributed by atoms with Crippen LogP contribution in [0, 0.1) is 0 Å². The van der Waals surface area contributed by atoms with Gasteiger partial charge in [0.2, 0.25) is 15.9 Å². The summed E-state index contributed by atoms with van der Waals surface area (Å²) in [4.78, 5) is 10.8. The molecule has 0 aromatic heterocycles. The lowest BCUT2D eigenvalue weighted by Crippen LogP contribution is -2.38. The fourth-order valence-electron chi connectivity index (χ4n) is 1.51. The number of carbonyl (C=O) groups is 1. The molecule has 5 nitrogen and oxygen atoms in total. The average molecular weight is 325 g/mol. The van der Waals surface area contributed by atoms with Crippen molar-refractivity contribution < 1.29 is 13.2 Å². The highest BCUT2D eigenvalue weighted by Gasteiger charge is 2.22. The second-order valence-corrected chi connectivity index (χ2v) is 6.68.